The average molecular weight is 305 g/mol. The molecule has 0 saturated carbocycles. The van der Waals surface area contributed by atoms with Crippen LogP contribution in [0.4, 0.5) is 4.79 Å². The van der Waals surface area contributed by atoms with E-state index in [1.165, 1.54) is 4.90 Å². The van der Waals surface area contributed by atoms with E-state index in [-0.39, 0.29) is 12.5 Å². The number of rotatable bonds is 2. The summed E-state index contributed by atoms with van der Waals surface area (Å²) in [4.78, 5) is 25.2. The van der Waals surface area contributed by atoms with Gasteiger partial charge in [-0.05, 0) is 32.8 Å². The molecular formula is C17H23NO4. The molecule has 1 N–H and O–H groups in total. The third kappa shape index (κ3) is 4.23. The molecule has 5 heteroatoms. The van der Waals surface area contributed by atoms with Gasteiger partial charge in [0.2, 0.25) is 0 Å². The maximum Gasteiger partial charge on any atom is 0.410 e. The molecule has 0 aromatic heterocycles. The summed E-state index contributed by atoms with van der Waals surface area (Å²) in [6, 6.07) is 9.73. The zero-order chi connectivity index (χ0) is 16.3. The first-order valence-electron chi connectivity index (χ1n) is 7.52. The number of amides is 1. The smallest absolute Gasteiger partial charge is 0.410 e. The van der Waals surface area contributed by atoms with E-state index < -0.39 is 23.6 Å². The van der Waals surface area contributed by atoms with Gasteiger partial charge in [0.05, 0.1) is 5.92 Å². The molecule has 1 aromatic carbocycles. The number of likely N-dealkylation sites (tertiary alicyclic amines) is 1. The minimum Gasteiger partial charge on any atom is -0.481 e. The molecule has 1 aliphatic heterocycles. The molecule has 5 nitrogen and oxygen atoms in total. The highest BCUT2D eigenvalue weighted by Gasteiger charge is 2.36. The fourth-order valence-electron chi connectivity index (χ4n) is 2.72. The summed E-state index contributed by atoms with van der Waals surface area (Å²) in [6.07, 6.45) is 0.0953. The Morgan fingerprint density at radius 1 is 1.18 bits per heavy atom. The van der Waals surface area contributed by atoms with Gasteiger partial charge >= 0.3 is 12.1 Å². The van der Waals surface area contributed by atoms with Crippen LogP contribution in [-0.2, 0) is 9.53 Å². The lowest BCUT2D eigenvalue weighted by Crippen LogP contribution is -2.47. The minimum atomic E-state index is -0.866. The van der Waals surface area contributed by atoms with Crippen molar-refractivity contribution in [1.29, 1.82) is 0 Å². The van der Waals surface area contributed by atoms with Crippen molar-refractivity contribution in [3.63, 3.8) is 0 Å². The van der Waals surface area contributed by atoms with Gasteiger partial charge in [-0.15, -0.1) is 0 Å². The number of carbonyl (C=O) groups excluding carboxylic acids is 1. The predicted octanol–water partition coefficient (Wildman–Crippen LogP) is 3.11. The van der Waals surface area contributed by atoms with Gasteiger partial charge in [0.25, 0.3) is 0 Å². The molecule has 1 heterocycles. The van der Waals surface area contributed by atoms with Gasteiger partial charge < -0.3 is 14.7 Å². The normalized spacial score (nSPS) is 22.2. The highest BCUT2D eigenvalue weighted by molar-refractivity contribution is 5.73. The Morgan fingerprint density at radius 3 is 2.36 bits per heavy atom. The van der Waals surface area contributed by atoms with Crippen molar-refractivity contribution in [2.75, 3.05) is 13.1 Å². The van der Waals surface area contributed by atoms with Gasteiger partial charge in [0.1, 0.15) is 5.60 Å². The van der Waals surface area contributed by atoms with E-state index in [0.29, 0.717) is 13.0 Å². The van der Waals surface area contributed by atoms with Crippen LogP contribution in [0, 0.1) is 5.92 Å². The topological polar surface area (TPSA) is 66.8 Å². The first-order valence-corrected chi connectivity index (χ1v) is 7.52. The number of hydrogen-bond donors (Lipinski definition) is 1. The molecule has 0 bridgehead atoms. The monoisotopic (exact) mass is 305 g/mol. The van der Waals surface area contributed by atoms with Crippen molar-refractivity contribution in [2.45, 2.75) is 38.7 Å². The van der Waals surface area contributed by atoms with E-state index in [0.717, 1.165) is 5.56 Å². The lowest BCUT2D eigenvalue weighted by Gasteiger charge is -2.37. The standard InChI is InChI=1S/C17H23NO4/c1-17(2,3)22-16(21)18-10-13(9-14(11-18)15(19)20)12-7-5-4-6-8-12/h4-8,13-14H,9-11H2,1-3H3,(H,19,20)/t13-,14-/m1/s1. The second-order valence-electron chi connectivity index (χ2n) is 6.76. The second-order valence-corrected chi connectivity index (χ2v) is 6.76. The largest absolute Gasteiger partial charge is 0.481 e. The summed E-state index contributed by atoms with van der Waals surface area (Å²) >= 11 is 0. The molecular weight excluding hydrogens is 282 g/mol. The first kappa shape index (κ1) is 16.3. The van der Waals surface area contributed by atoms with Crippen LogP contribution >= 0.6 is 0 Å². The molecule has 1 aromatic rings. The summed E-state index contributed by atoms with van der Waals surface area (Å²) in [5.41, 5.74) is 0.470. The SMILES string of the molecule is CC(C)(C)OC(=O)N1C[C@H](C(=O)O)C[C@@H](c2ccccc2)C1. The highest BCUT2D eigenvalue weighted by Crippen LogP contribution is 2.31. The number of piperidine rings is 1. The van der Waals surface area contributed by atoms with Gasteiger partial charge in [-0.1, -0.05) is 30.3 Å². The Hall–Kier alpha value is -2.04. The van der Waals surface area contributed by atoms with Crippen molar-refractivity contribution in [2.24, 2.45) is 5.92 Å². The van der Waals surface area contributed by atoms with E-state index in [4.69, 9.17) is 4.74 Å². The van der Waals surface area contributed by atoms with E-state index >= 15 is 0 Å². The van der Waals surface area contributed by atoms with Crippen LogP contribution in [0.1, 0.15) is 38.7 Å². The van der Waals surface area contributed by atoms with Gasteiger partial charge in [-0.25, -0.2) is 4.79 Å². The molecule has 2 atom stereocenters. The van der Waals surface area contributed by atoms with Crippen LogP contribution in [0.3, 0.4) is 0 Å². The Labute approximate surface area is 130 Å². The number of aliphatic carboxylic acids is 1. The lowest BCUT2D eigenvalue weighted by atomic mass is 9.85. The van der Waals surface area contributed by atoms with Crippen molar-refractivity contribution in [1.82, 2.24) is 4.90 Å². The number of nitrogens with zero attached hydrogens (tertiary/aromatic N) is 1. The van der Waals surface area contributed by atoms with E-state index in [9.17, 15) is 14.7 Å². The molecule has 1 fully saturated rings. The van der Waals surface area contributed by atoms with Crippen LogP contribution in [0.2, 0.25) is 0 Å². The van der Waals surface area contributed by atoms with Crippen molar-refractivity contribution < 1.29 is 19.4 Å². The van der Waals surface area contributed by atoms with Crippen LogP contribution < -0.4 is 0 Å². The summed E-state index contributed by atoms with van der Waals surface area (Å²) in [5.74, 6) is -1.41. The van der Waals surface area contributed by atoms with Gasteiger partial charge in [0.15, 0.2) is 0 Å². The minimum absolute atomic E-state index is 0.0172. The molecule has 1 aliphatic rings. The van der Waals surface area contributed by atoms with Gasteiger partial charge in [-0.2, -0.15) is 0 Å². The van der Waals surface area contributed by atoms with E-state index in [1.807, 2.05) is 30.3 Å². The number of carboxylic acids is 1. The van der Waals surface area contributed by atoms with Crippen molar-refractivity contribution in [3.05, 3.63) is 35.9 Å². The van der Waals surface area contributed by atoms with Gasteiger partial charge in [0, 0.05) is 19.0 Å². The predicted molar refractivity (Wildman–Crippen MR) is 82.7 cm³/mol. The summed E-state index contributed by atoms with van der Waals surface area (Å²) in [6.45, 7) is 6.10. The lowest BCUT2D eigenvalue weighted by molar-refractivity contribution is -0.143. The molecule has 0 aliphatic carbocycles. The Balaban J connectivity index is 2.17. The third-order valence-electron chi connectivity index (χ3n) is 3.72. The van der Waals surface area contributed by atoms with Crippen molar-refractivity contribution in [3.8, 4) is 0 Å². The van der Waals surface area contributed by atoms with E-state index in [1.54, 1.807) is 20.8 Å². The van der Waals surface area contributed by atoms with Crippen molar-refractivity contribution >= 4 is 12.1 Å². The molecule has 0 unspecified atom stereocenters. The number of carbonyl (C=O) groups is 2. The molecule has 0 radical (unpaired) electrons. The third-order valence-corrected chi connectivity index (χ3v) is 3.72. The zero-order valence-corrected chi connectivity index (χ0v) is 13.3. The second kappa shape index (κ2) is 6.38. The Kier molecular flexibility index (Phi) is 4.74. The van der Waals surface area contributed by atoms with Crippen LogP contribution in [0.5, 0.6) is 0 Å². The number of ether oxygens (including phenoxy) is 1. The average Bonchev–Trinajstić information content (AvgIpc) is 2.46. The molecule has 1 saturated heterocycles. The number of benzene rings is 1. The van der Waals surface area contributed by atoms with Crippen LogP contribution in [0.25, 0.3) is 0 Å². The molecule has 0 spiro atoms. The summed E-state index contributed by atoms with van der Waals surface area (Å²) in [5, 5.41) is 9.36. The Bertz CT molecular complexity index is 535. The first-order chi connectivity index (χ1) is 10.3. The van der Waals surface area contributed by atoms with E-state index in [2.05, 4.69) is 0 Å². The van der Waals surface area contributed by atoms with Gasteiger partial charge in [-0.3, -0.25) is 4.79 Å². The Morgan fingerprint density at radius 2 is 1.82 bits per heavy atom. The fraction of sp³-hybridized carbons (Fsp3) is 0.529. The molecule has 120 valence electrons. The highest BCUT2D eigenvalue weighted by atomic mass is 16.6. The van der Waals surface area contributed by atoms with Crippen LogP contribution in [-0.4, -0.2) is 40.8 Å². The number of hydrogen-bond acceptors (Lipinski definition) is 3. The quantitative estimate of drug-likeness (QED) is 0.911. The maximum absolute atomic E-state index is 12.3. The summed E-state index contributed by atoms with van der Waals surface area (Å²) < 4.78 is 5.38. The summed E-state index contributed by atoms with van der Waals surface area (Å²) in [7, 11) is 0. The zero-order valence-electron chi connectivity index (χ0n) is 13.3. The number of carboxylic acid groups (broad SMARTS) is 1. The maximum atomic E-state index is 12.3. The molecule has 22 heavy (non-hydrogen) atoms. The molecule has 1 amide bonds. The molecule has 2 rings (SSSR count). The fourth-order valence-corrected chi connectivity index (χ4v) is 2.72. The van der Waals surface area contributed by atoms with Crippen LogP contribution in [0.15, 0.2) is 30.3 Å².